The van der Waals surface area contributed by atoms with Crippen molar-refractivity contribution in [1.82, 2.24) is 0 Å². The molecule has 0 aromatic carbocycles. The monoisotopic (exact) mass is 119 g/mol. The molecular weight excluding hydrogens is 110 g/mol. The van der Waals surface area contributed by atoms with Crippen LogP contribution in [0.2, 0.25) is 0 Å². The minimum Gasteiger partial charge on any atom is -0.198 e. The molecule has 0 saturated heterocycles. The van der Waals surface area contributed by atoms with Gasteiger partial charge in [-0.3, -0.25) is 0 Å². The zero-order chi connectivity index (χ0) is 6.27. The lowest BCUT2D eigenvalue weighted by Crippen LogP contribution is -2.02. The predicted molar refractivity (Wildman–Crippen MR) is 34.5 cm³/mol. The molecule has 1 fully saturated rings. The van der Waals surface area contributed by atoms with Gasteiger partial charge < -0.3 is 0 Å². The molecule has 1 nitrogen and oxygen atoms in total. The molecule has 1 saturated carbocycles. The largest absolute Gasteiger partial charge is 0.198 e. The Morgan fingerprint density at radius 1 is 1.33 bits per heavy atom. The van der Waals surface area contributed by atoms with Crippen LogP contribution < -0.4 is 0 Å². The summed E-state index contributed by atoms with van der Waals surface area (Å²) in [6, 6.07) is 2.34. The van der Waals surface area contributed by atoms with E-state index < -0.39 is 0 Å². The van der Waals surface area contributed by atoms with E-state index in [9.17, 15) is 0 Å². The Hall–Kier alpha value is -0.770. The molecule has 3 atom stereocenters. The van der Waals surface area contributed by atoms with Crippen LogP contribution in [0, 0.1) is 29.1 Å². The first kappa shape index (κ1) is 5.05. The van der Waals surface area contributed by atoms with Gasteiger partial charge in [0.1, 0.15) is 0 Å². The van der Waals surface area contributed by atoms with Crippen LogP contribution in [0.3, 0.4) is 0 Å². The fourth-order valence-electron chi connectivity index (χ4n) is 1.93. The fraction of sp³-hybridized carbons (Fsp3) is 0.625. The van der Waals surface area contributed by atoms with E-state index in [0.29, 0.717) is 11.8 Å². The minimum atomic E-state index is 0.347. The van der Waals surface area contributed by atoms with E-state index in [0.717, 1.165) is 12.3 Å². The average molecular weight is 119 g/mol. The number of hydrogen-bond donors (Lipinski definition) is 0. The van der Waals surface area contributed by atoms with Gasteiger partial charge in [0.2, 0.25) is 0 Å². The van der Waals surface area contributed by atoms with Crippen molar-refractivity contribution in [3.63, 3.8) is 0 Å². The minimum absolute atomic E-state index is 0.347. The third kappa shape index (κ3) is 0.595. The van der Waals surface area contributed by atoms with Crippen molar-refractivity contribution in [2.75, 3.05) is 0 Å². The second-order valence-electron chi connectivity index (χ2n) is 3.02. The van der Waals surface area contributed by atoms with Crippen molar-refractivity contribution in [2.45, 2.75) is 12.8 Å². The summed E-state index contributed by atoms with van der Waals surface area (Å²) in [5, 5.41) is 8.60. The van der Waals surface area contributed by atoms with Gasteiger partial charge in [-0.1, -0.05) is 12.2 Å². The van der Waals surface area contributed by atoms with Crippen molar-refractivity contribution in [3.8, 4) is 6.07 Å². The SMILES string of the molecule is N#C[C@H]1C[C@H]2C=C[C@H]1C2. The lowest BCUT2D eigenvalue weighted by molar-refractivity contribution is 0.563. The normalized spacial score (nSPS) is 45.4. The van der Waals surface area contributed by atoms with Gasteiger partial charge in [-0.2, -0.15) is 5.26 Å². The van der Waals surface area contributed by atoms with Gasteiger partial charge in [-0.25, -0.2) is 0 Å². The molecule has 0 aromatic heterocycles. The van der Waals surface area contributed by atoms with Gasteiger partial charge in [0.15, 0.2) is 0 Å². The van der Waals surface area contributed by atoms with Crippen LogP contribution in [0.1, 0.15) is 12.8 Å². The molecule has 0 heterocycles. The van der Waals surface area contributed by atoms with Crippen LogP contribution in [0.4, 0.5) is 0 Å². The van der Waals surface area contributed by atoms with Gasteiger partial charge in [-0.05, 0) is 24.7 Å². The van der Waals surface area contributed by atoms with Crippen LogP contribution >= 0.6 is 0 Å². The smallest absolute Gasteiger partial charge is 0.0662 e. The summed E-state index contributed by atoms with van der Waals surface area (Å²) in [6.07, 6.45) is 6.84. The first-order valence-corrected chi connectivity index (χ1v) is 3.48. The summed E-state index contributed by atoms with van der Waals surface area (Å²) in [5.41, 5.74) is 0. The first-order valence-electron chi connectivity index (χ1n) is 3.48. The van der Waals surface area contributed by atoms with Crippen LogP contribution in [0.25, 0.3) is 0 Å². The van der Waals surface area contributed by atoms with E-state index in [1.54, 1.807) is 0 Å². The molecule has 0 amide bonds. The second kappa shape index (κ2) is 1.60. The maximum atomic E-state index is 8.60. The Labute approximate surface area is 55.0 Å². The molecule has 2 aliphatic rings. The molecule has 0 radical (unpaired) electrons. The van der Waals surface area contributed by atoms with Crippen molar-refractivity contribution in [1.29, 1.82) is 5.26 Å². The number of hydrogen-bond acceptors (Lipinski definition) is 1. The average Bonchev–Trinajstić information content (AvgIpc) is 2.45. The van der Waals surface area contributed by atoms with Crippen molar-refractivity contribution in [3.05, 3.63) is 12.2 Å². The molecule has 0 spiro atoms. The highest BCUT2D eigenvalue weighted by molar-refractivity contribution is 5.14. The summed E-state index contributed by atoms with van der Waals surface area (Å²) in [6.45, 7) is 0. The quantitative estimate of drug-likeness (QED) is 0.445. The zero-order valence-electron chi connectivity index (χ0n) is 5.25. The fourth-order valence-corrected chi connectivity index (χ4v) is 1.93. The molecule has 0 N–H and O–H groups in total. The summed E-state index contributed by atoms with van der Waals surface area (Å²) in [7, 11) is 0. The molecule has 1 heteroatoms. The Morgan fingerprint density at radius 3 is 2.56 bits per heavy atom. The Morgan fingerprint density at radius 2 is 2.22 bits per heavy atom. The van der Waals surface area contributed by atoms with Crippen LogP contribution in [0.15, 0.2) is 12.2 Å². The van der Waals surface area contributed by atoms with E-state index in [-0.39, 0.29) is 0 Å². The van der Waals surface area contributed by atoms with Gasteiger partial charge in [0, 0.05) is 0 Å². The van der Waals surface area contributed by atoms with E-state index in [4.69, 9.17) is 5.26 Å². The van der Waals surface area contributed by atoms with Gasteiger partial charge >= 0.3 is 0 Å². The van der Waals surface area contributed by atoms with Crippen molar-refractivity contribution < 1.29 is 0 Å². The van der Waals surface area contributed by atoms with Crippen molar-refractivity contribution >= 4 is 0 Å². The molecular formula is C8H9N. The second-order valence-corrected chi connectivity index (χ2v) is 3.02. The highest BCUT2D eigenvalue weighted by atomic mass is 14.4. The topological polar surface area (TPSA) is 23.8 Å². The molecule has 0 aliphatic heterocycles. The van der Waals surface area contributed by atoms with E-state index in [1.807, 2.05) is 0 Å². The number of nitriles is 1. The summed E-state index contributed by atoms with van der Waals surface area (Å²) in [4.78, 5) is 0. The molecule has 2 rings (SSSR count). The first-order chi connectivity index (χ1) is 4.40. The van der Waals surface area contributed by atoms with E-state index in [2.05, 4.69) is 18.2 Å². The Kier molecular flexibility index (Phi) is 0.900. The molecule has 2 aliphatic carbocycles. The highest BCUT2D eigenvalue weighted by Crippen LogP contribution is 2.42. The Balaban J connectivity index is 2.22. The zero-order valence-corrected chi connectivity index (χ0v) is 5.25. The third-order valence-electron chi connectivity index (χ3n) is 2.44. The molecule has 0 unspecified atom stereocenters. The third-order valence-corrected chi connectivity index (χ3v) is 2.44. The number of rotatable bonds is 0. The lowest BCUT2D eigenvalue weighted by Gasteiger charge is -2.06. The predicted octanol–water partition coefficient (Wildman–Crippen LogP) is 1.72. The molecule has 46 valence electrons. The summed E-state index contributed by atoms with van der Waals surface area (Å²) >= 11 is 0. The van der Waals surface area contributed by atoms with Gasteiger partial charge in [0.25, 0.3) is 0 Å². The number of fused-ring (bicyclic) bond motifs is 2. The summed E-state index contributed by atoms with van der Waals surface area (Å²) < 4.78 is 0. The van der Waals surface area contributed by atoms with Crippen LogP contribution in [-0.2, 0) is 0 Å². The standard InChI is InChI=1S/C8H9N/c9-5-8-4-6-1-2-7(8)3-6/h1-2,6-8H,3-4H2/t6-,7-,8+/m0/s1. The lowest BCUT2D eigenvalue weighted by atomic mass is 9.95. The van der Waals surface area contributed by atoms with Crippen LogP contribution in [0.5, 0.6) is 0 Å². The molecule has 9 heavy (non-hydrogen) atoms. The number of nitrogens with zero attached hydrogens (tertiary/aromatic N) is 1. The maximum absolute atomic E-state index is 8.60. The van der Waals surface area contributed by atoms with E-state index in [1.165, 1.54) is 6.42 Å². The number of allylic oxidation sites excluding steroid dienone is 2. The van der Waals surface area contributed by atoms with E-state index >= 15 is 0 Å². The summed E-state index contributed by atoms with van der Waals surface area (Å²) in [5.74, 6) is 1.71. The van der Waals surface area contributed by atoms with Gasteiger partial charge in [0.05, 0.1) is 12.0 Å². The maximum Gasteiger partial charge on any atom is 0.0662 e. The van der Waals surface area contributed by atoms with Crippen LogP contribution in [-0.4, -0.2) is 0 Å². The van der Waals surface area contributed by atoms with Gasteiger partial charge in [-0.15, -0.1) is 0 Å². The molecule has 0 aromatic rings. The highest BCUT2D eigenvalue weighted by Gasteiger charge is 2.35. The van der Waals surface area contributed by atoms with Crippen molar-refractivity contribution in [2.24, 2.45) is 17.8 Å². The Bertz CT molecular complexity index is 187. The molecule has 2 bridgehead atoms.